The fourth-order valence-corrected chi connectivity index (χ4v) is 3.89. The summed E-state index contributed by atoms with van der Waals surface area (Å²) in [6.45, 7) is 2.67. The van der Waals surface area contributed by atoms with Gasteiger partial charge in [0.1, 0.15) is 11.3 Å². The highest BCUT2D eigenvalue weighted by molar-refractivity contribution is 5.94. The average molecular weight is 427 g/mol. The Morgan fingerprint density at radius 2 is 1.81 bits per heavy atom. The number of carbonyl (C=O) groups is 2. The quantitative estimate of drug-likeness (QED) is 0.667. The van der Waals surface area contributed by atoms with Crippen LogP contribution in [0.3, 0.4) is 0 Å². The maximum Gasteiger partial charge on any atom is 0.245 e. The van der Waals surface area contributed by atoms with E-state index in [-0.39, 0.29) is 11.8 Å². The predicted octanol–water partition coefficient (Wildman–Crippen LogP) is 2.95. The molecule has 0 spiro atoms. The van der Waals surface area contributed by atoms with Crippen molar-refractivity contribution in [3.05, 3.63) is 53.6 Å². The molecule has 0 saturated carbocycles. The lowest BCUT2D eigenvalue weighted by Gasteiger charge is -2.34. The van der Waals surface area contributed by atoms with Crippen molar-refractivity contribution in [3.8, 4) is 17.2 Å². The molecule has 0 radical (unpaired) electrons. The second-order valence-electron chi connectivity index (χ2n) is 7.80. The first-order valence-electron chi connectivity index (χ1n) is 10.3. The van der Waals surface area contributed by atoms with Crippen molar-refractivity contribution in [1.29, 1.82) is 0 Å². The lowest BCUT2D eigenvalue weighted by molar-refractivity contribution is -0.141. The number of methoxy groups -OCH3 is 3. The zero-order chi connectivity index (χ0) is 22.4. The van der Waals surface area contributed by atoms with Crippen LogP contribution < -0.4 is 19.5 Å². The van der Waals surface area contributed by atoms with E-state index in [4.69, 9.17) is 14.2 Å². The number of nitrogens with one attached hydrogen (secondary N) is 1. The molecule has 0 bridgehead atoms. The SMILES string of the molecule is COc1cccc(CN2C(=O)CC[C@@]2(C)C(=O)NCCc2ccc(OC)c(OC)c2)c1. The monoisotopic (exact) mass is 426 g/mol. The summed E-state index contributed by atoms with van der Waals surface area (Å²) in [5, 5.41) is 3.01. The maximum atomic E-state index is 13.1. The Kier molecular flexibility index (Phi) is 7.05. The summed E-state index contributed by atoms with van der Waals surface area (Å²) in [6, 6.07) is 13.3. The second kappa shape index (κ2) is 9.73. The summed E-state index contributed by atoms with van der Waals surface area (Å²) in [6.07, 6.45) is 1.51. The van der Waals surface area contributed by atoms with E-state index in [2.05, 4.69) is 5.32 Å². The highest BCUT2D eigenvalue weighted by Gasteiger charge is 2.47. The molecular formula is C24H30N2O5. The number of hydrogen-bond acceptors (Lipinski definition) is 5. The third-order valence-corrected chi connectivity index (χ3v) is 5.83. The van der Waals surface area contributed by atoms with E-state index in [0.29, 0.717) is 43.9 Å². The Balaban J connectivity index is 1.64. The van der Waals surface area contributed by atoms with Gasteiger partial charge in [-0.15, -0.1) is 0 Å². The van der Waals surface area contributed by atoms with Gasteiger partial charge in [-0.05, 0) is 55.2 Å². The largest absolute Gasteiger partial charge is 0.497 e. The number of benzene rings is 2. The van der Waals surface area contributed by atoms with Crippen molar-refractivity contribution in [3.63, 3.8) is 0 Å². The van der Waals surface area contributed by atoms with Crippen LogP contribution in [-0.4, -0.2) is 50.1 Å². The molecule has 3 rings (SSSR count). The van der Waals surface area contributed by atoms with Gasteiger partial charge < -0.3 is 24.4 Å². The highest BCUT2D eigenvalue weighted by atomic mass is 16.5. The van der Waals surface area contributed by atoms with E-state index in [0.717, 1.165) is 16.9 Å². The Morgan fingerprint density at radius 3 is 2.52 bits per heavy atom. The molecule has 7 heteroatoms. The van der Waals surface area contributed by atoms with Crippen molar-refractivity contribution >= 4 is 11.8 Å². The molecule has 7 nitrogen and oxygen atoms in total. The lowest BCUT2D eigenvalue weighted by Crippen LogP contribution is -2.54. The van der Waals surface area contributed by atoms with Gasteiger partial charge >= 0.3 is 0 Å². The fraction of sp³-hybridized carbons (Fsp3) is 0.417. The van der Waals surface area contributed by atoms with Crippen molar-refractivity contribution in [2.24, 2.45) is 0 Å². The highest BCUT2D eigenvalue weighted by Crippen LogP contribution is 2.32. The van der Waals surface area contributed by atoms with E-state index >= 15 is 0 Å². The smallest absolute Gasteiger partial charge is 0.245 e. The normalized spacial score (nSPS) is 18.1. The first-order chi connectivity index (χ1) is 14.9. The molecule has 1 atom stereocenters. The first kappa shape index (κ1) is 22.5. The Bertz CT molecular complexity index is 945. The minimum atomic E-state index is -0.877. The molecule has 166 valence electrons. The second-order valence-corrected chi connectivity index (χ2v) is 7.80. The molecule has 2 aromatic rings. The van der Waals surface area contributed by atoms with Crippen LogP contribution >= 0.6 is 0 Å². The number of rotatable bonds is 9. The third-order valence-electron chi connectivity index (χ3n) is 5.83. The van der Waals surface area contributed by atoms with Crippen LogP contribution in [0.15, 0.2) is 42.5 Å². The molecule has 31 heavy (non-hydrogen) atoms. The molecule has 0 aromatic heterocycles. The van der Waals surface area contributed by atoms with Crippen LogP contribution in [-0.2, 0) is 22.6 Å². The summed E-state index contributed by atoms with van der Waals surface area (Å²) < 4.78 is 15.9. The van der Waals surface area contributed by atoms with Crippen LogP contribution in [0.5, 0.6) is 17.2 Å². The van der Waals surface area contributed by atoms with Gasteiger partial charge in [-0.1, -0.05) is 18.2 Å². The maximum absolute atomic E-state index is 13.1. The topological polar surface area (TPSA) is 77.1 Å². The number of nitrogens with zero attached hydrogens (tertiary/aromatic N) is 1. The van der Waals surface area contributed by atoms with Gasteiger partial charge in [-0.25, -0.2) is 0 Å². The number of carbonyl (C=O) groups excluding carboxylic acids is 2. The van der Waals surface area contributed by atoms with E-state index in [1.165, 1.54) is 0 Å². The molecule has 1 heterocycles. The van der Waals surface area contributed by atoms with Crippen LogP contribution in [0.4, 0.5) is 0 Å². The predicted molar refractivity (Wildman–Crippen MR) is 117 cm³/mol. The summed E-state index contributed by atoms with van der Waals surface area (Å²) in [7, 11) is 4.80. The van der Waals surface area contributed by atoms with E-state index in [9.17, 15) is 9.59 Å². The van der Waals surface area contributed by atoms with Gasteiger partial charge in [0.25, 0.3) is 0 Å². The molecule has 1 fully saturated rings. The molecule has 1 saturated heterocycles. The van der Waals surface area contributed by atoms with Crippen LogP contribution in [0.1, 0.15) is 30.9 Å². The first-order valence-corrected chi connectivity index (χ1v) is 10.3. The number of hydrogen-bond donors (Lipinski definition) is 1. The van der Waals surface area contributed by atoms with Gasteiger partial charge in [0.05, 0.1) is 21.3 Å². The van der Waals surface area contributed by atoms with Gasteiger partial charge in [0.2, 0.25) is 11.8 Å². The summed E-state index contributed by atoms with van der Waals surface area (Å²) in [5.74, 6) is 1.90. The Morgan fingerprint density at radius 1 is 1.03 bits per heavy atom. The van der Waals surface area contributed by atoms with E-state index < -0.39 is 5.54 Å². The van der Waals surface area contributed by atoms with Crippen molar-refractivity contribution in [2.75, 3.05) is 27.9 Å². The van der Waals surface area contributed by atoms with Gasteiger partial charge in [0.15, 0.2) is 11.5 Å². The van der Waals surface area contributed by atoms with E-state index in [1.807, 2.05) is 49.4 Å². The van der Waals surface area contributed by atoms with Crippen molar-refractivity contribution in [1.82, 2.24) is 10.2 Å². The molecule has 1 N–H and O–H groups in total. The van der Waals surface area contributed by atoms with Crippen LogP contribution in [0.2, 0.25) is 0 Å². The van der Waals surface area contributed by atoms with Crippen LogP contribution in [0, 0.1) is 0 Å². The van der Waals surface area contributed by atoms with E-state index in [1.54, 1.807) is 26.2 Å². The third kappa shape index (κ3) is 4.93. The summed E-state index contributed by atoms with van der Waals surface area (Å²) in [4.78, 5) is 27.3. The summed E-state index contributed by atoms with van der Waals surface area (Å²) >= 11 is 0. The molecule has 2 amide bonds. The average Bonchev–Trinajstić information content (AvgIpc) is 3.08. The zero-order valence-electron chi connectivity index (χ0n) is 18.6. The molecular weight excluding hydrogens is 396 g/mol. The minimum absolute atomic E-state index is 0.0136. The zero-order valence-corrected chi connectivity index (χ0v) is 18.6. The molecule has 1 aliphatic heterocycles. The van der Waals surface area contributed by atoms with Gasteiger partial charge in [-0.3, -0.25) is 9.59 Å². The summed E-state index contributed by atoms with van der Waals surface area (Å²) in [5.41, 5.74) is 1.08. The van der Waals surface area contributed by atoms with Crippen molar-refractivity contribution < 1.29 is 23.8 Å². The van der Waals surface area contributed by atoms with Gasteiger partial charge in [-0.2, -0.15) is 0 Å². The van der Waals surface area contributed by atoms with Crippen molar-refractivity contribution in [2.45, 2.75) is 38.3 Å². The Hall–Kier alpha value is -3.22. The number of amides is 2. The molecule has 1 aliphatic rings. The molecule has 0 aliphatic carbocycles. The minimum Gasteiger partial charge on any atom is -0.497 e. The number of ether oxygens (including phenoxy) is 3. The Labute approximate surface area is 183 Å². The molecule has 2 aromatic carbocycles. The van der Waals surface area contributed by atoms with Gasteiger partial charge in [0, 0.05) is 19.5 Å². The molecule has 0 unspecified atom stereocenters. The number of likely N-dealkylation sites (tertiary alicyclic amines) is 1. The van der Waals surface area contributed by atoms with Crippen LogP contribution in [0.25, 0.3) is 0 Å². The fourth-order valence-electron chi connectivity index (χ4n) is 3.89. The standard InChI is InChI=1S/C24H30N2O5/c1-24(12-10-22(27)26(24)16-18-6-5-7-19(14-18)29-2)23(28)25-13-11-17-8-9-20(30-3)21(15-17)31-4/h5-9,14-15H,10-13,16H2,1-4H3,(H,25,28)/t24-/m0/s1. The lowest BCUT2D eigenvalue weighted by atomic mass is 9.97.